The molecule has 3 heterocycles. The number of rotatable bonds is 5. The van der Waals surface area contributed by atoms with Gasteiger partial charge in [-0.25, -0.2) is 0 Å². The van der Waals surface area contributed by atoms with Gasteiger partial charge in [0.25, 0.3) is 0 Å². The highest BCUT2D eigenvalue weighted by atomic mass is 16.6. The van der Waals surface area contributed by atoms with E-state index in [2.05, 4.69) is 77.4 Å². The molecule has 3 saturated heterocycles. The zero-order valence-corrected chi connectivity index (χ0v) is 22.1. The van der Waals surface area contributed by atoms with Crippen molar-refractivity contribution in [2.75, 3.05) is 39.3 Å². The van der Waals surface area contributed by atoms with Crippen LogP contribution >= 0.6 is 0 Å². The van der Waals surface area contributed by atoms with Crippen LogP contribution in [0.15, 0.2) is 60.7 Å². The van der Waals surface area contributed by atoms with Crippen LogP contribution in [0, 0.1) is 23.2 Å². The Balaban J connectivity index is 1.03. The molecule has 7 rings (SSSR count). The molecule has 0 unspecified atom stereocenters. The fourth-order valence-corrected chi connectivity index (χ4v) is 8.53. The molecule has 2 aliphatic carbocycles. The summed E-state index contributed by atoms with van der Waals surface area (Å²) in [5.41, 5.74) is 3.07. The summed E-state index contributed by atoms with van der Waals surface area (Å²) in [6.45, 7) is 8.19. The minimum Gasteiger partial charge on any atom is -0.462 e. The number of piperazine rings is 1. The lowest BCUT2D eigenvalue weighted by Gasteiger charge is -2.51. The third kappa shape index (κ3) is 4.24. The van der Waals surface area contributed by atoms with Crippen molar-refractivity contribution < 1.29 is 14.3 Å². The van der Waals surface area contributed by atoms with E-state index in [0.29, 0.717) is 11.8 Å². The van der Waals surface area contributed by atoms with Crippen molar-refractivity contribution in [2.45, 2.75) is 56.8 Å². The van der Waals surface area contributed by atoms with Crippen LogP contribution in [0.2, 0.25) is 0 Å². The summed E-state index contributed by atoms with van der Waals surface area (Å²) in [7, 11) is 0. The van der Waals surface area contributed by atoms with Gasteiger partial charge in [-0.05, 0) is 54.6 Å². The van der Waals surface area contributed by atoms with Crippen LogP contribution in [0.5, 0.6) is 0 Å². The van der Waals surface area contributed by atoms with Crippen LogP contribution in [-0.4, -0.2) is 66.8 Å². The van der Waals surface area contributed by atoms with Gasteiger partial charge in [-0.1, -0.05) is 67.6 Å². The van der Waals surface area contributed by atoms with Crippen LogP contribution in [0.3, 0.4) is 0 Å². The molecule has 0 amide bonds. The molecule has 5 heteroatoms. The predicted molar refractivity (Wildman–Crippen MR) is 143 cm³/mol. The third-order valence-corrected chi connectivity index (χ3v) is 10.5. The average molecular weight is 501 g/mol. The van der Waals surface area contributed by atoms with Gasteiger partial charge < -0.3 is 9.47 Å². The molecular formula is C32H40N2O3. The maximum Gasteiger partial charge on any atom is 0.310 e. The van der Waals surface area contributed by atoms with Crippen molar-refractivity contribution in [1.29, 1.82) is 0 Å². The first-order valence-corrected chi connectivity index (χ1v) is 14.5. The maximum atomic E-state index is 13.2. The Hall–Kier alpha value is -2.21. The minimum absolute atomic E-state index is 0.0119. The topological polar surface area (TPSA) is 45.3 Å². The molecule has 0 N–H and O–H groups in total. The molecule has 0 radical (unpaired) electrons. The standard InChI is InChI=1S/C32H40N2O3/c1-31-13-8-14-32(22-36-32)28(31)19-25-26(30(35)37-27(25)20-31)21-33-15-17-34(18-16-33)29(23-9-4-2-5-10-23)24-11-6-3-7-12-24/h2-7,9-12,25-29H,8,13-22H2,1H3/t25-,26+,27+,28+,31+,32-/m0/s1. The molecule has 2 aromatic carbocycles. The Morgan fingerprint density at radius 2 is 1.59 bits per heavy atom. The Morgan fingerprint density at radius 1 is 0.946 bits per heavy atom. The molecule has 0 aromatic heterocycles. The van der Waals surface area contributed by atoms with Crippen molar-refractivity contribution in [3.63, 3.8) is 0 Å². The van der Waals surface area contributed by atoms with Crippen molar-refractivity contribution in [3.8, 4) is 0 Å². The van der Waals surface area contributed by atoms with Gasteiger partial charge in [0.15, 0.2) is 0 Å². The number of benzene rings is 2. The van der Waals surface area contributed by atoms with E-state index in [-0.39, 0.29) is 35.0 Å². The molecule has 6 atom stereocenters. The number of ether oxygens (including phenoxy) is 2. The normalized spacial score (nSPS) is 37.8. The van der Waals surface area contributed by atoms with E-state index in [9.17, 15) is 4.79 Å². The third-order valence-electron chi connectivity index (χ3n) is 10.5. The largest absolute Gasteiger partial charge is 0.462 e. The van der Waals surface area contributed by atoms with E-state index >= 15 is 0 Å². The van der Waals surface area contributed by atoms with Gasteiger partial charge >= 0.3 is 5.97 Å². The first-order valence-electron chi connectivity index (χ1n) is 14.5. The Morgan fingerprint density at radius 3 is 2.22 bits per heavy atom. The van der Waals surface area contributed by atoms with Crippen molar-refractivity contribution in [1.82, 2.24) is 9.80 Å². The Bertz CT molecular complexity index is 1070. The second-order valence-electron chi connectivity index (χ2n) is 12.7. The van der Waals surface area contributed by atoms with Gasteiger partial charge in [0.05, 0.1) is 24.2 Å². The number of nitrogens with zero attached hydrogens (tertiary/aromatic N) is 2. The summed E-state index contributed by atoms with van der Waals surface area (Å²) >= 11 is 0. The number of epoxide rings is 1. The first kappa shape index (κ1) is 23.9. The predicted octanol–water partition coefficient (Wildman–Crippen LogP) is 4.92. The average Bonchev–Trinajstić information content (AvgIpc) is 3.62. The molecule has 0 bridgehead atoms. The number of carbonyl (C=O) groups excluding carboxylic acids is 1. The van der Waals surface area contributed by atoms with Crippen LogP contribution in [0.25, 0.3) is 0 Å². The number of carbonyl (C=O) groups is 1. The molecule has 3 aliphatic heterocycles. The Kier molecular flexibility index (Phi) is 5.95. The molecule has 5 fully saturated rings. The SMILES string of the molecule is C[C@]12CCC[C@]3(CO3)[C@@H]1C[C@@H]1[C@@H](C2)OC(=O)[C@@H]1CN1CCN(C(c2ccccc2)c2ccccc2)CC1. The molecule has 5 aliphatic rings. The highest BCUT2D eigenvalue weighted by Gasteiger charge is 2.65. The van der Waals surface area contributed by atoms with Crippen molar-refractivity contribution >= 4 is 5.97 Å². The quantitative estimate of drug-likeness (QED) is 0.431. The zero-order chi connectivity index (χ0) is 25.0. The molecule has 2 aromatic rings. The van der Waals surface area contributed by atoms with E-state index in [1.165, 1.54) is 30.4 Å². The smallest absolute Gasteiger partial charge is 0.310 e. The van der Waals surface area contributed by atoms with Crippen molar-refractivity contribution in [2.24, 2.45) is 23.2 Å². The number of esters is 1. The van der Waals surface area contributed by atoms with E-state index < -0.39 is 0 Å². The highest BCUT2D eigenvalue weighted by Crippen LogP contribution is 2.62. The lowest BCUT2D eigenvalue weighted by Crippen LogP contribution is -2.52. The highest BCUT2D eigenvalue weighted by molar-refractivity contribution is 5.75. The minimum atomic E-state index is 0.0119. The molecule has 196 valence electrons. The van der Waals surface area contributed by atoms with E-state index in [1.807, 2.05) is 0 Å². The van der Waals surface area contributed by atoms with Crippen LogP contribution < -0.4 is 0 Å². The summed E-state index contributed by atoms with van der Waals surface area (Å²) in [5.74, 6) is 1.00. The monoisotopic (exact) mass is 500 g/mol. The molecule has 1 spiro atoms. The van der Waals surface area contributed by atoms with E-state index in [0.717, 1.165) is 52.2 Å². The summed E-state index contributed by atoms with van der Waals surface area (Å²) < 4.78 is 12.2. The second kappa shape index (κ2) is 9.21. The van der Waals surface area contributed by atoms with Crippen LogP contribution in [0.4, 0.5) is 0 Å². The first-order chi connectivity index (χ1) is 18.0. The Labute approximate surface area is 221 Å². The van der Waals surface area contributed by atoms with Gasteiger partial charge in [0.1, 0.15) is 6.10 Å². The molecule has 2 saturated carbocycles. The summed E-state index contributed by atoms with van der Waals surface area (Å²) in [4.78, 5) is 18.3. The van der Waals surface area contributed by atoms with E-state index in [1.54, 1.807) is 0 Å². The molecule has 37 heavy (non-hydrogen) atoms. The van der Waals surface area contributed by atoms with Gasteiger partial charge in [0, 0.05) is 38.6 Å². The fourth-order valence-electron chi connectivity index (χ4n) is 8.53. The van der Waals surface area contributed by atoms with Crippen LogP contribution in [-0.2, 0) is 14.3 Å². The van der Waals surface area contributed by atoms with Gasteiger partial charge in [-0.2, -0.15) is 0 Å². The lowest BCUT2D eigenvalue weighted by molar-refractivity contribution is -0.147. The number of hydrogen-bond donors (Lipinski definition) is 0. The van der Waals surface area contributed by atoms with E-state index in [4.69, 9.17) is 9.47 Å². The van der Waals surface area contributed by atoms with Gasteiger partial charge in [-0.15, -0.1) is 0 Å². The number of hydrogen-bond acceptors (Lipinski definition) is 5. The maximum absolute atomic E-state index is 13.2. The fraction of sp³-hybridized carbons (Fsp3) is 0.594. The number of fused-ring (bicyclic) bond motifs is 3. The van der Waals surface area contributed by atoms with Gasteiger partial charge in [0.2, 0.25) is 0 Å². The summed E-state index contributed by atoms with van der Waals surface area (Å²) in [5, 5.41) is 0. The summed E-state index contributed by atoms with van der Waals surface area (Å²) in [6.07, 6.45) is 5.94. The lowest BCUT2D eigenvalue weighted by atomic mass is 9.53. The molecule has 5 nitrogen and oxygen atoms in total. The van der Waals surface area contributed by atoms with Gasteiger partial charge in [-0.3, -0.25) is 14.6 Å². The van der Waals surface area contributed by atoms with Crippen LogP contribution in [0.1, 0.15) is 56.2 Å². The zero-order valence-electron chi connectivity index (χ0n) is 22.1. The summed E-state index contributed by atoms with van der Waals surface area (Å²) in [6, 6.07) is 22.0. The molecular weight excluding hydrogens is 460 g/mol. The van der Waals surface area contributed by atoms with Crippen molar-refractivity contribution in [3.05, 3.63) is 71.8 Å². The second-order valence-corrected chi connectivity index (χ2v) is 12.7.